The number of halogens is 2. The highest BCUT2D eigenvalue weighted by molar-refractivity contribution is 6.53. The fourth-order valence-corrected chi connectivity index (χ4v) is 3.39. The number of nitrogen functional groups attached to an aromatic ring is 1. The summed E-state index contributed by atoms with van der Waals surface area (Å²) in [6, 6.07) is 9.29. The molecule has 8 heteroatoms. The number of carbonyl (C=O) groups excluding carboxylic acids is 1. The third kappa shape index (κ3) is 3.53. The molecule has 1 atom stereocenters. The van der Waals surface area contributed by atoms with Crippen molar-refractivity contribution in [1.82, 2.24) is 14.7 Å². The van der Waals surface area contributed by atoms with Crippen molar-refractivity contribution in [3.05, 3.63) is 47.2 Å². The number of hydrogen-bond acceptors (Lipinski definition) is 4. The van der Waals surface area contributed by atoms with Gasteiger partial charge in [-0.25, -0.2) is 9.07 Å². The Kier molecular flexibility index (Phi) is 5.18. The van der Waals surface area contributed by atoms with Crippen molar-refractivity contribution in [2.24, 2.45) is 5.73 Å². The lowest BCUT2D eigenvalue weighted by molar-refractivity contribution is -0.131. The smallest absolute Gasteiger partial charge is 0.244 e. The van der Waals surface area contributed by atoms with Crippen LogP contribution in [-0.2, 0) is 11.3 Å². The summed E-state index contributed by atoms with van der Waals surface area (Å²) in [6.45, 7) is 2.22. The molecule has 1 amide bonds. The predicted molar refractivity (Wildman–Crippen MR) is 101 cm³/mol. The van der Waals surface area contributed by atoms with Crippen LogP contribution in [0.4, 0.5) is 10.2 Å². The van der Waals surface area contributed by atoms with Crippen LogP contribution in [0, 0.1) is 6.92 Å². The molecule has 2 aromatic rings. The van der Waals surface area contributed by atoms with E-state index in [1.165, 1.54) is 9.58 Å². The average Bonchev–Trinajstić information content (AvgIpc) is 3.18. The maximum atomic E-state index is 13.3. The molecule has 6 nitrogen and oxygen atoms in total. The van der Waals surface area contributed by atoms with E-state index in [0.29, 0.717) is 29.9 Å². The number of alkyl halides is 1. The molecule has 0 bridgehead atoms. The molecule has 3 rings (SSSR count). The van der Waals surface area contributed by atoms with Crippen LogP contribution >= 0.6 is 11.6 Å². The molecule has 0 spiro atoms. The fraction of sp³-hybridized carbons (Fsp3) is 0.333. The molecule has 4 N–H and O–H groups in total. The molecule has 1 aromatic heterocycles. The minimum absolute atomic E-state index is 0.0607. The molecule has 1 aliphatic rings. The van der Waals surface area contributed by atoms with Gasteiger partial charge in [-0.3, -0.25) is 4.79 Å². The van der Waals surface area contributed by atoms with Gasteiger partial charge in [0.2, 0.25) is 5.91 Å². The number of amides is 1. The first-order valence-electron chi connectivity index (χ1n) is 8.34. The van der Waals surface area contributed by atoms with Gasteiger partial charge in [-0.2, -0.15) is 5.10 Å². The Morgan fingerprint density at radius 3 is 2.69 bits per heavy atom. The highest BCUT2D eigenvalue weighted by Gasteiger charge is 2.27. The van der Waals surface area contributed by atoms with Gasteiger partial charge in [-0.05, 0) is 18.9 Å². The molecule has 2 heterocycles. The lowest BCUT2D eigenvalue weighted by atomic mass is 10.1. The molecular weight excluding hydrogens is 357 g/mol. The van der Waals surface area contributed by atoms with E-state index in [1.807, 2.05) is 30.3 Å². The van der Waals surface area contributed by atoms with Crippen molar-refractivity contribution in [3.8, 4) is 0 Å². The van der Waals surface area contributed by atoms with Crippen LogP contribution in [0.3, 0.4) is 0 Å². The van der Waals surface area contributed by atoms with Crippen molar-refractivity contribution in [2.45, 2.75) is 26.1 Å². The van der Waals surface area contributed by atoms with Crippen LogP contribution in [0.1, 0.15) is 23.2 Å². The first-order valence-corrected chi connectivity index (χ1v) is 8.72. The predicted octanol–water partition coefficient (Wildman–Crippen LogP) is 2.37. The van der Waals surface area contributed by atoms with Gasteiger partial charge in [0.25, 0.3) is 0 Å². The van der Waals surface area contributed by atoms with E-state index in [4.69, 9.17) is 23.1 Å². The van der Waals surface area contributed by atoms with E-state index >= 15 is 0 Å². The van der Waals surface area contributed by atoms with Crippen LogP contribution in [0.25, 0.3) is 10.7 Å². The lowest BCUT2D eigenvalue weighted by Gasteiger charge is -2.15. The van der Waals surface area contributed by atoms with Gasteiger partial charge in [0, 0.05) is 6.54 Å². The van der Waals surface area contributed by atoms with Crippen LogP contribution in [-0.4, -0.2) is 39.8 Å². The lowest BCUT2D eigenvalue weighted by Crippen LogP contribution is -2.32. The fourth-order valence-electron chi connectivity index (χ4n) is 3.04. The summed E-state index contributed by atoms with van der Waals surface area (Å²) in [5.74, 6) is 0.0396. The number of benzene rings is 1. The molecule has 1 unspecified atom stereocenters. The third-order valence-corrected chi connectivity index (χ3v) is 4.87. The van der Waals surface area contributed by atoms with Gasteiger partial charge >= 0.3 is 0 Å². The van der Waals surface area contributed by atoms with Crippen molar-refractivity contribution >= 4 is 34.1 Å². The Balaban J connectivity index is 1.87. The summed E-state index contributed by atoms with van der Waals surface area (Å²) in [4.78, 5) is 13.8. The Morgan fingerprint density at radius 2 is 2.08 bits per heavy atom. The van der Waals surface area contributed by atoms with E-state index in [0.717, 1.165) is 5.56 Å². The van der Waals surface area contributed by atoms with Gasteiger partial charge in [0.15, 0.2) is 0 Å². The van der Waals surface area contributed by atoms with E-state index in [-0.39, 0.29) is 29.8 Å². The molecule has 1 aromatic carbocycles. The number of hydrogen-bond donors (Lipinski definition) is 2. The zero-order valence-corrected chi connectivity index (χ0v) is 15.2. The Labute approximate surface area is 156 Å². The van der Waals surface area contributed by atoms with Gasteiger partial charge < -0.3 is 16.4 Å². The summed E-state index contributed by atoms with van der Waals surface area (Å²) < 4.78 is 14.7. The second-order valence-corrected chi connectivity index (χ2v) is 6.70. The minimum atomic E-state index is -0.964. The largest absolute Gasteiger partial charge is 0.397 e. The molecule has 138 valence electrons. The second kappa shape index (κ2) is 7.37. The van der Waals surface area contributed by atoms with E-state index in [9.17, 15) is 9.18 Å². The van der Waals surface area contributed by atoms with E-state index < -0.39 is 6.17 Å². The summed E-state index contributed by atoms with van der Waals surface area (Å²) in [7, 11) is 0. The quantitative estimate of drug-likeness (QED) is 0.855. The Morgan fingerprint density at radius 1 is 1.38 bits per heavy atom. The number of anilines is 1. The standard InChI is InChI=1S/C18H21ClFN5O/c1-11-15(16(19)17(21)12-5-3-2-4-6-12)18(22)25(23-11)10-14(26)24-8-7-13(20)9-24/h2-6,13H,7-10,21-22H2,1H3/b17-16+. The first kappa shape index (κ1) is 18.3. The van der Waals surface area contributed by atoms with Gasteiger partial charge in [0.1, 0.15) is 18.5 Å². The number of carbonyl (C=O) groups is 1. The normalized spacial score (nSPS) is 18.1. The zero-order chi connectivity index (χ0) is 18.8. The minimum Gasteiger partial charge on any atom is -0.397 e. The highest BCUT2D eigenvalue weighted by atomic mass is 35.5. The number of nitrogens with two attached hydrogens (primary N) is 2. The molecule has 1 saturated heterocycles. The Bertz CT molecular complexity index is 849. The summed E-state index contributed by atoms with van der Waals surface area (Å²) in [5.41, 5.74) is 14.6. The van der Waals surface area contributed by atoms with Crippen molar-refractivity contribution in [3.63, 3.8) is 0 Å². The van der Waals surface area contributed by atoms with Gasteiger partial charge in [-0.15, -0.1) is 0 Å². The molecule has 1 fully saturated rings. The number of aryl methyl sites for hydroxylation is 1. The summed E-state index contributed by atoms with van der Waals surface area (Å²) in [6.07, 6.45) is -0.596. The molecule has 0 saturated carbocycles. The van der Waals surface area contributed by atoms with Crippen LogP contribution in [0.5, 0.6) is 0 Å². The van der Waals surface area contributed by atoms with Crippen LogP contribution in [0.2, 0.25) is 0 Å². The molecule has 1 aliphatic heterocycles. The van der Waals surface area contributed by atoms with Crippen molar-refractivity contribution < 1.29 is 9.18 Å². The van der Waals surface area contributed by atoms with Gasteiger partial charge in [0.05, 0.1) is 28.5 Å². The average molecular weight is 378 g/mol. The van der Waals surface area contributed by atoms with Crippen molar-refractivity contribution in [1.29, 1.82) is 0 Å². The zero-order valence-electron chi connectivity index (χ0n) is 14.5. The van der Waals surface area contributed by atoms with Crippen molar-refractivity contribution in [2.75, 3.05) is 18.8 Å². The highest BCUT2D eigenvalue weighted by Crippen LogP contribution is 2.32. The maximum absolute atomic E-state index is 13.3. The Hall–Kier alpha value is -2.54. The number of nitrogens with zero attached hydrogens (tertiary/aromatic N) is 3. The third-order valence-electron chi connectivity index (χ3n) is 4.48. The first-order chi connectivity index (χ1) is 12.4. The van der Waals surface area contributed by atoms with Crippen LogP contribution in [0.15, 0.2) is 30.3 Å². The van der Waals surface area contributed by atoms with E-state index in [2.05, 4.69) is 5.10 Å². The summed E-state index contributed by atoms with van der Waals surface area (Å²) >= 11 is 6.47. The summed E-state index contributed by atoms with van der Waals surface area (Å²) in [5, 5.41) is 4.60. The molecule has 26 heavy (non-hydrogen) atoms. The molecular formula is C18H21ClFN5O. The molecule has 0 radical (unpaired) electrons. The molecule has 0 aliphatic carbocycles. The van der Waals surface area contributed by atoms with Gasteiger partial charge in [-0.1, -0.05) is 41.9 Å². The van der Waals surface area contributed by atoms with Crippen LogP contribution < -0.4 is 11.5 Å². The monoisotopic (exact) mass is 377 g/mol. The number of likely N-dealkylation sites (tertiary alicyclic amines) is 1. The maximum Gasteiger partial charge on any atom is 0.244 e. The topological polar surface area (TPSA) is 90.2 Å². The second-order valence-electron chi connectivity index (χ2n) is 6.32. The number of aromatic nitrogens is 2. The SMILES string of the molecule is Cc1nn(CC(=O)N2CCC(F)C2)c(N)c1/C(Cl)=C(\N)c1ccccc1. The number of rotatable bonds is 4. The van der Waals surface area contributed by atoms with E-state index in [1.54, 1.807) is 6.92 Å².